The third-order valence-corrected chi connectivity index (χ3v) is 2.69. The molecule has 0 saturated heterocycles. The Labute approximate surface area is 96.4 Å². The molecular formula is C13H18O3. The van der Waals surface area contributed by atoms with E-state index in [4.69, 9.17) is 9.47 Å². The molecule has 0 unspecified atom stereocenters. The van der Waals surface area contributed by atoms with Gasteiger partial charge in [0.15, 0.2) is 11.5 Å². The van der Waals surface area contributed by atoms with Gasteiger partial charge >= 0.3 is 0 Å². The van der Waals surface area contributed by atoms with Gasteiger partial charge < -0.3 is 9.47 Å². The molecule has 0 fully saturated rings. The van der Waals surface area contributed by atoms with Gasteiger partial charge in [-0.25, -0.2) is 0 Å². The van der Waals surface area contributed by atoms with Crippen molar-refractivity contribution >= 4 is 5.78 Å². The highest BCUT2D eigenvalue weighted by Crippen LogP contribution is 2.35. The number of ketones is 1. The van der Waals surface area contributed by atoms with Crippen molar-refractivity contribution in [2.45, 2.75) is 27.2 Å². The number of hydrogen-bond acceptors (Lipinski definition) is 3. The number of ether oxygens (including phenoxy) is 2. The third kappa shape index (κ3) is 2.35. The molecule has 0 radical (unpaired) electrons. The molecule has 0 aliphatic carbocycles. The van der Waals surface area contributed by atoms with Crippen molar-refractivity contribution in [3.05, 3.63) is 22.8 Å². The molecular weight excluding hydrogens is 204 g/mol. The Kier molecular flexibility index (Phi) is 3.93. The first-order valence-electron chi connectivity index (χ1n) is 5.21. The minimum absolute atomic E-state index is 0.151. The van der Waals surface area contributed by atoms with Crippen LogP contribution in [-0.2, 0) is 11.2 Å². The highest BCUT2D eigenvalue weighted by atomic mass is 16.5. The molecule has 0 spiro atoms. The van der Waals surface area contributed by atoms with Crippen LogP contribution in [0.15, 0.2) is 6.07 Å². The summed E-state index contributed by atoms with van der Waals surface area (Å²) < 4.78 is 10.6. The second-order valence-corrected chi connectivity index (χ2v) is 3.91. The van der Waals surface area contributed by atoms with Gasteiger partial charge in [0.2, 0.25) is 0 Å². The Morgan fingerprint density at radius 1 is 1.25 bits per heavy atom. The lowest BCUT2D eigenvalue weighted by Crippen LogP contribution is -2.04. The largest absolute Gasteiger partial charge is 0.493 e. The quantitative estimate of drug-likeness (QED) is 0.785. The molecule has 0 atom stereocenters. The van der Waals surface area contributed by atoms with Crippen molar-refractivity contribution in [1.82, 2.24) is 0 Å². The van der Waals surface area contributed by atoms with Gasteiger partial charge in [-0.1, -0.05) is 0 Å². The van der Waals surface area contributed by atoms with Crippen molar-refractivity contribution in [2.75, 3.05) is 14.2 Å². The lowest BCUT2D eigenvalue weighted by molar-refractivity contribution is -0.116. The summed E-state index contributed by atoms with van der Waals surface area (Å²) in [7, 11) is 3.22. The monoisotopic (exact) mass is 222 g/mol. The van der Waals surface area contributed by atoms with E-state index in [1.165, 1.54) is 0 Å². The smallest absolute Gasteiger partial charge is 0.163 e. The summed E-state index contributed by atoms with van der Waals surface area (Å²) in [5, 5.41) is 0. The number of benzene rings is 1. The molecule has 16 heavy (non-hydrogen) atoms. The average molecular weight is 222 g/mol. The number of aryl methyl sites for hydroxylation is 1. The highest BCUT2D eigenvalue weighted by molar-refractivity contribution is 5.79. The zero-order valence-electron chi connectivity index (χ0n) is 10.5. The number of methoxy groups -OCH3 is 2. The number of carbonyl (C=O) groups is 1. The summed E-state index contributed by atoms with van der Waals surface area (Å²) in [5.74, 6) is 1.58. The van der Waals surface area contributed by atoms with Crippen LogP contribution in [0.25, 0.3) is 0 Å². The Bertz CT molecular complexity index is 408. The van der Waals surface area contributed by atoms with E-state index < -0.39 is 0 Å². The zero-order valence-corrected chi connectivity index (χ0v) is 10.5. The number of carbonyl (C=O) groups excluding carboxylic acids is 1. The molecule has 0 aromatic heterocycles. The molecule has 1 rings (SSSR count). The maximum Gasteiger partial charge on any atom is 0.163 e. The van der Waals surface area contributed by atoms with E-state index in [1.54, 1.807) is 21.1 Å². The topological polar surface area (TPSA) is 35.5 Å². The Hall–Kier alpha value is -1.51. The summed E-state index contributed by atoms with van der Waals surface area (Å²) in [5.41, 5.74) is 3.07. The first-order chi connectivity index (χ1) is 7.51. The van der Waals surface area contributed by atoms with Crippen LogP contribution in [0.5, 0.6) is 11.5 Å². The molecule has 3 heteroatoms. The van der Waals surface area contributed by atoms with Crippen LogP contribution in [0.1, 0.15) is 23.6 Å². The van der Waals surface area contributed by atoms with Crippen LogP contribution in [0.4, 0.5) is 0 Å². The number of hydrogen-bond donors (Lipinski definition) is 0. The van der Waals surface area contributed by atoms with Gasteiger partial charge in [0.05, 0.1) is 14.2 Å². The Balaban J connectivity index is 3.34. The first-order valence-corrected chi connectivity index (χ1v) is 5.21. The van der Waals surface area contributed by atoms with Crippen LogP contribution < -0.4 is 9.47 Å². The van der Waals surface area contributed by atoms with Crippen molar-refractivity contribution < 1.29 is 14.3 Å². The van der Waals surface area contributed by atoms with Gasteiger partial charge in [0, 0.05) is 6.42 Å². The van der Waals surface area contributed by atoms with Crippen molar-refractivity contribution in [3.63, 3.8) is 0 Å². The van der Waals surface area contributed by atoms with Gasteiger partial charge in [-0.2, -0.15) is 0 Å². The highest BCUT2D eigenvalue weighted by Gasteiger charge is 2.15. The summed E-state index contributed by atoms with van der Waals surface area (Å²) in [4.78, 5) is 11.2. The summed E-state index contributed by atoms with van der Waals surface area (Å²) in [6.07, 6.45) is 0.442. The molecule has 0 heterocycles. The van der Waals surface area contributed by atoms with E-state index in [9.17, 15) is 4.79 Å². The fraction of sp³-hybridized carbons (Fsp3) is 0.462. The summed E-state index contributed by atoms with van der Waals surface area (Å²) >= 11 is 0. The Morgan fingerprint density at radius 2 is 1.88 bits per heavy atom. The molecule has 3 nitrogen and oxygen atoms in total. The number of rotatable bonds is 4. The zero-order chi connectivity index (χ0) is 12.3. The molecule has 0 bridgehead atoms. The fourth-order valence-electron chi connectivity index (χ4n) is 1.89. The second kappa shape index (κ2) is 5.01. The average Bonchev–Trinajstić information content (AvgIpc) is 2.23. The fourth-order valence-corrected chi connectivity index (χ4v) is 1.89. The SMILES string of the molecule is COc1cc(C)c(CC(C)=O)c(C)c1OC. The maximum absolute atomic E-state index is 11.2. The third-order valence-electron chi connectivity index (χ3n) is 2.69. The maximum atomic E-state index is 11.2. The lowest BCUT2D eigenvalue weighted by atomic mass is 9.97. The van der Waals surface area contributed by atoms with E-state index in [2.05, 4.69) is 0 Å². The van der Waals surface area contributed by atoms with Gasteiger partial charge in [0.25, 0.3) is 0 Å². The molecule has 0 aliphatic heterocycles. The van der Waals surface area contributed by atoms with Crippen molar-refractivity contribution in [3.8, 4) is 11.5 Å². The van der Waals surface area contributed by atoms with Gasteiger partial charge in [-0.3, -0.25) is 4.79 Å². The van der Waals surface area contributed by atoms with Gasteiger partial charge in [0.1, 0.15) is 5.78 Å². The molecule has 1 aromatic rings. The van der Waals surface area contributed by atoms with Crippen LogP contribution in [0.3, 0.4) is 0 Å². The predicted octanol–water partition coefficient (Wildman–Crippen LogP) is 2.45. The van der Waals surface area contributed by atoms with Crippen LogP contribution in [-0.4, -0.2) is 20.0 Å². The van der Waals surface area contributed by atoms with E-state index in [-0.39, 0.29) is 5.78 Å². The van der Waals surface area contributed by atoms with E-state index in [0.29, 0.717) is 17.9 Å². The predicted molar refractivity (Wildman–Crippen MR) is 63.4 cm³/mol. The minimum atomic E-state index is 0.151. The molecule has 0 amide bonds. The standard InChI is InChI=1S/C13H18O3/c1-8-6-12(15-4)13(16-5)10(3)11(8)7-9(2)14/h6H,7H2,1-5H3. The van der Waals surface area contributed by atoms with Gasteiger partial charge in [-0.15, -0.1) is 0 Å². The lowest BCUT2D eigenvalue weighted by Gasteiger charge is -2.16. The second-order valence-electron chi connectivity index (χ2n) is 3.91. The molecule has 0 aliphatic rings. The first kappa shape index (κ1) is 12.6. The molecule has 1 aromatic carbocycles. The normalized spacial score (nSPS) is 10.1. The summed E-state index contributed by atoms with van der Waals surface area (Å²) in [6, 6.07) is 1.91. The van der Waals surface area contributed by atoms with E-state index >= 15 is 0 Å². The summed E-state index contributed by atoms with van der Waals surface area (Å²) in [6.45, 7) is 5.52. The molecule has 88 valence electrons. The van der Waals surface area contributed by atoms with Crippen LogP contribution in [0, 0.1) is 13.8 Å². The molecule has 0 N–H and O–H groups in total. The number of Topliss-reactive ketones (excluding diaryl/α,β-unsaturated/α-hetero) is 1. The minimum Gasteiger partial charge on any atom is -0.493 e. The van der Waals surface area contributed by atoms with Crippen molar-refractivity contribution in [1.29, 1.82) is 0 Å². The van der Waals surface area contributed by atoms with Crippen LogP contribution >= 0.6 is 0 Å². The molecule has 0 saturated carbocycles. The van der Waals surface area contributed by atoms with E-state index in [1.807, 2.05) is 19.9 Å². The van der Waals surface area contributed by atoms with Crippen molar-refractivity contribution in [2.24, 2.45) is 0 Å². The van der Waals surface area contributed by atoms with Gasteiger partial charge in [-0.05, 0) is 43.5 Å². The Morgan fingerprint density at radius 3 is 2.31 bits per heavy atom. The van der Waals surface area contributed by atoms with Crippen LogP contribution in [0.2, 0.25) is 0 Å². The van der Waals surface area contributed by atoms with E-state index in [0.717, 1.165) is 16.7 Å².